The Kier molecular flexibility index (Phi) is 5.08. The second-order valence-corrected chi connectivity index (χ2v) is 4.91. The first-order chi connectivity index (χ1) is 5.14. The first-order valence-electron chi connectivity index (χ1n) is 3.66. The van der Waals surface area contributed by atoms with Crippen LogP contribution in [0.2, 0.25) is 0 Å². The van der Waals surface area contributed by atoms with E-state index in [1.54, 1.807) is 0 Å². The minimum Gasteiger partial charge on any atom is -0.376 e. The molecule has 0 spiro atoms. The number of rotatable bonds is 3. The second-order valence-electron chi connectivity index (χ2n) is 2.68. The zero-order chi connectivity index (χ0) is 8.32. The maximum Gasteiger partial charge on any atom is 0.152 e. The van der Waals surface area contributed by atoms with Crippen molar-refractivity contribution in [3.8, 4) is 0 Å². The van der Waals surface area contributed by atoms with Crippen LogP contribution in [0.25, 0.3) is 0 Å². The fourth-order valence-corrected chi connectivity index (χ4v) is 2.75. The lowest BCUT2D eigenvalue weighted by atomic mass is 10.3. The Morgan fingerprint density at radius 3 is 2.58 bits per heavy atom. The molecule has 1 atom stereocenters. The lowest BCUT2D eigenvalue weighted by Gasteiger charge is -2.07. The van der Waals surface area contributed by atoms with Crippen molar-refractivity contribution in [2.45, 2.75) is 12.5 Å². The molecule has 4 nitrogen and oxygen atoms in total. The molecule has 1 rings (SSSR count). The third-order valence-corrected chi connectivity index (χ3v) is 3.40. The van der Waals surface area contributed by atoms with E-state index in [9.17, 15) is 8.42 Å². The van der Waals surface area contributed by atoms with E-state index in [1.165, 1.54) is 0 Å². The molecule has 1 heterocycles. The maximum absolute atomic E-state index is 10.9. The van der Waals surface area contributed by atoms with E-state index >= 15 is 0 Å². The van der Waals surface area contributed by atoms with Gasteiger partial charge in [0.1, 0.15) is 0 Å². The van der Waals surface area contributed by atoms with E-state index in [2.05, 4.69) is 0 Å². The van der Waals surface area contributed by atoms with Gasteiger partial charge in [-0.2, -0.15) is 0 Å². The van der Waals surface area contributed by atoms with Gasteiger partial charge in [-0.1, -0.05) is 0 Å². The van der Waals surface area contributed by atoms with E-state index in [4.69, 9.17) is 10.5 Å². The van der Waals surface area contributed by atoms with Crippen LogP contribution in [0.4, 0.5) is 0 Å². The normalized spacial score (nSPS) is 26.6. The van der Waals surface area contributed by atoms with Crippen LogP contribution in [0.15, 0.2) is 0 Å². The van der Waals surface area contributed by atoms with E-state index in [0.29, 0.717) is 19.6 Å². The van der Waals surface area contributed by atoms with Crippen molar-refractivity contribution in [2.24, 2.45) is 5.73 Å². The Morgan fingerprint density at radius 1 is 1.50 bits per heavy atom. The summed E-state index contributed by atoms with van der Waals surface area (Å²) in [5.74, 6) is 0.440. The van der Waals surface area contributed by atoms with Gasteiger partial charge in [-0.25, -0.2) is 8.42 Å². The zero-order valence-corrected chi connectivity index (χ0v) is 8.36. The molecular formula is C6H14ClNO3S. The van der Waals surface area contributed by atoms with Crippen LogP contribution < -0.4 is 5.73 Å². The van der Waals surface area contributed by atoms with E-state index < -0.39 is 9.84 Å². The highest BCUT2D eigenvalue weighted by Gasteiger charge is 2.27. The van der Waals surface area contributed by atoms with Crippen molar-refractivity contribution in [1.29, 1.82) is 0 Å². The van der Waals surface area contributed by atoms with Crippen LogP contribution in [-0.2, 0) is 14.6 Å². The molecule has 0 aromatic rings. The summed E-state index contributed by atoms with van der Waals surface area (Å²) in [5.41, 5.74) is 5.20. The summed E-state index contributed by atoms with van der Waals surface area (Å²) >= 11 is 0. The van der Waals surface area contributed by atoms with Gasteiger partial charge in [-0.15, -0.1) is 12.4 Å². The average molecular weight is 216 g/mol. The Morgan fingerprint density at radius 2 is 2.17 bits per heavy atom. The molecule has 0 amide bonds. The topological polar surface area (TPSA) is 69.4 Å². The number of nitrogens with two attached hydrogens (primary N) is 1. The summed E-state index contributed by atoms with van der Waals surface area (Å²) in [6.07, 6.45) is 0.519. The molecule has 1 aliphatic heterocycles. The summed E-state index contributed by atoms with van der Waals surface area (Å²) in [4.78, 5) is 0. The molecular weight excluding hydrogens is 202 g/mol. The van der Waals surface area contributed by atoms with E-state index in [-0.39, 0.29) is 30.0 Å². The molecule has 0 aromatic carbocycles. The maximum atomic E-state index is 10.9. The number of sulfone groups is 1. The number of halogens is 1. The second kappa shape index (κ2) is 5.01. The van der Waals surface area contributed by atoms with Gasteiger partial charge in [-0.05, 0) is 6.42 Å². The van der Waals surface area contributed by atoms with Gasteiger partial charge >= 0.3 is 0 Å². The molecule has 12 heavy (non-hydrogen) atoms. The molecule has 0 aliphatic carbocycles. The van der Waals surface area contributed by atoms with Crippen molar-refractivity contribution in [3.05, 3.63) is 0 Å². The number of ether oxygens (including phenoxy) is 1. The lowest BCUT2D eigenvalue weighted by Crippen LogP contribution is -2.19. The highest BCUT2D eigenvalue weighted by molar-refractivity contribution is 7.91. The molecule has 1 fully saturated rings. The number of hydrogen-bond acceptors (Lipinski definition) is 4. The molecule has 0 bridgehead atoms. The van der Waals surface area contributed by atoms with Gasteiger partial charge in [-0.3, -0.25) is 0 Å². The lowest BCUT2D eigenvalue weighted by molar-refractivity contribution is 0.0770. The molecule has 0 radical (unpaired) electrons. The average Bonchev–Trinajstić information content (AvgIpc) is 2.26. The van der Waals surface area contributed by atoms with Crippen molar-refractivity contribution in [2.75, 3.05) is 24.7 Å². The van der Waals surface area contributed by atoms with Gasteiger partial charge in [0, 0.05) is 6.54 Å². The van der Waals surface area contributed by atoms with Crippen LogP contribution in [0.3, 0.4) is 0 Å². The SMILES string of the molecule is Cl.NCCOC1CCS(=O)(=O)C1. The smallest absolute Gasteiger partial charge is 0.152 e. The van der Waals surface area contributed by atoms with Gasteiger partial charge in [0.25, 0.3) is 0 Å². The van der Waals surface area contributed by atoms with Gasteiger partial charge in [0.15, 0.2) is 9.84 Å². The first-order valence-corrected chi connectivity index (χ1v) is 5.48. The van der Waals surface area contributed by atoms with Crippen LogP contribution in [0.5, 0.6) is 0 Å². The Balaban J connectivity index is 0.00000121. The van der Waals surface area contributed by atoms with Gasteiger partial charge < -0.3 is 10.5 Å². The van der Waals surface area contributed by atoms with Crippen LogP contribution in [0, 0.1) is 0 Å². The summed E-state index contributed by atoms with van der Waals surface area (Å²) < 4.78 is 27.0. The van der Waals surface area contributed by atoms with Crippen molar-refractivity contribution < 1.29 is 13.2 Å². The Hall–Kier alpha value is 0.160. The van der Waals surface area contributed by atoms with Gasteiger partial charge in [0.2, 0.25) is 0 Å². The molecule has 1 saturated heterocycles. The molecule has 0 aromatic heterocycles. The summed E-state index contributed by atoms with van der Waals surface area (Å²) in [5, 5.41) is 0. The Bertz CT molecular complexity index is 217. The third kappa shape index (κ3) is 3.71. The Labute approximate surface area is 78.8 Å². The summed E-state index contributed by atoms with van der Waals surface area (Å²) in [6.45, 7) is 0.913. The predicted octanol–water partition coefficient (Wildman–Crippen LogP) is -0.429. The highest BCUT2D eigenvalue weighted by Crippen LogP contribution is 2.13. The molecule has 6 heteroatoms. The van der Waals surface area contributed by atoms with Crippen molar-refractivity contribution >= 4 is 22.2 Å². The van der Waals surface area contributed by atoms with E-state index in [0.717, 1.165) is 0 Å². The quantitative estimate of drug-likeness (QED) is 0.694. The first kappa shape index (κ1) is 12.2. The number of hydrogen-bond donors (Lipinski definition) is 1. The molecule has 1 aliphatic rings. The van der Waals surface area contributed by atoms with Crippen LogP contribution >= 0.6 is 12.4 Å². The van der Waals surface area contributed by atoms with E-state index in [1.807, 2.05) is 0 Å². The minimum absolute atomic E-state index is 0. The molecule has 1 unspecified atom stereocenters. The fourth-order valence-electron chi connectivity index (χ4n) is 1.13. The molecule has 74 valence electrons. The fraction of sp³-hybridized carbons (Fsp3) is 1.00. The summed E-state index contributed by atoms with van der Waals surface area (Å²) in [6, 6.07) is 0. The standard InChI is InChI=1S/C6H13NO3S.ClH/c7-2-3-10-6-1-4-11(8,9)5-6;/h6H,1-5,7H2;1H. The van der Waals surface area contributed by atoms with Crippen molar-refractivity contribution in [1.82, 2.24) is 0 Å². The van der Waals surface area contributed by atoms with Crippen molar-refractivity contribution in [3.63, 3.8) is 0 Å². The minimum atomic E-state index is -2.79. The summed E-state index contributed by atoms with van der Waals surface area (Å²) in [7, 11) is -2.79. The van der Waals surface area contributed by atoms with Gasteiger partial charge in [0.05, 0.1) is 24.2 Å². The predicted molar refractivity (Wildman–Crippen MR) is 49.3 cm³/mol. The molecule has 0 saturated carbocycles. The largest absolute Gasteiger partial charge is 0.376 e. The van der Waals surface area contributed by atoms with Crippen LogP contribution in [0.1, 0.15) is 6.42 Å². The van der Waals surface area contributed by atoms with Crippen LogP contribution in [-0.4, -0.2) is 39.2 Å². The molecule has 2 N–H and O–H groups in total. The zero-order valence-electron chi connectivity index (χ0n) is 6.73. The highest BCUT2D eigenvalue weighted by atomic mass is 35.5. The monoisotopic (exact) mass is 215 g/mol. The third-order valence-electron chi connectivity index (χ3n) is 1.66.